The van der Waals surface area contributed by atoms with Crippen molar-refractivity contribution in [3.63, 3.8) is 0 Å². The predicted molar refractivity (Wildman–Crippen MR) is 62.4 cm³/mol. The van der Waals surface area contributed by atoms with Crippen LogP contribution in [-0.2, 0) is 6.54 Å². The van der Waals surface area contributed by atoms with Crippen LogP contribution in [0.3, 0.4) is 0 Å². The molecule has 6 nitrogen and oxygen atoms in total. The Morgan fingerprint density at radius 2 is 2.16 bits per heavy atom. The molecule has 1 saturated heterocycles. The Kier molecular flexibility index (Phi) is 2.94. The molecule has 1 aliphatic heterocycles. The van der Waals surface area contributed by atoms with Crippen LogP contribution in [0.2, 0.25) is 0 Å². The van der Waals surface area contributed by atoms with E-state index in [2.05, 4.69) is 25.6 Å². The molecule has 0 spiro atoms. The summed E-state index contributed by atoms with van der Waals surface area (Å²) >= 11 is 0. The quantitative estimate of drug-likeness (QED) is 0.887. The average Bonchev–Trinajstić information content (AvgIpc) is 2.98. The summed E-state index contributed by atoms with van der Waals surface area (Å²) in [6.07, 6.45) is 4.71. The smallest absolute Gasteiger partial charge is 0.261 e. The fourth-order valence-corrected chi connectivity index (χ4v) is 2.07. The van der Waals surface area contributed by atoms with Crippen LogP contribution >= 0.6 is 0 Å². The number of aromatic nitrogens is 5. The van der Waals surface area contributed by atoms with Gasteiger partial charge in [0.2, 0.25) is 0 Å². The third kappa shape index (κ3) is 2.73. The van der Waals surface area contributed by atoms with E-state index in [-0.39, 0.29) is 19.0 Å². The lowest BCUT2D eigenvalue weighted by Crippen LogP contribution is -2.27. The third-order valence-corrected chi connectivity index (χ3v) is 2.94. The molecular formula is C11H12F2N6. The fourth-order valence-electron chi connectivity index (χ4n) is 2.07. The van der Waals surface area contributed by atoms with E-state index < -0.39 is 5.92 Å². The molecule has 0 amide bonds. The summed E-state index contributed by atoms with van der Waals surface area (Å²) in [7, 11) is 0. The minimum absolute atomic E-state index is 0.177. The van der Waals surface area contributed by atoms with Crippen LogP contribution in [0.4, 0.5) is 8.78 Å². The van der Waals surface area contributed by atoms with E-state index in [0.29, 0.717) is 18.1 Å². The van der Waals surface area contributed by atoms with E-state index in [1.165, 1.54) is 4.68 Å². The summed E-state index contributed by atoms with van der Waals surface area (Å²) in [5, 5.41) is 10.6. The Bertz CT molecular complexity index is 555. The topological polar surface area (TPSA) is 68.5 Å². The first kappa shape index (κ1) is 12.1. The predicted octanol–water partition coefficient (Wildman–Crippen LogP) is 0.732. The molecule has 0 unspecified atom stereocenters. The van der Waals surface area contributed by atoms with Crippen molar-refractivity contribution in [2.75, 3.05) is 6.54 Å². The van der Waals surface area contributed by atoms with Crippen molar-refractivity contribution in [3.05, 3.63) is 24.7 Å². The summed E-state index contributed by atoms with van der Waals surface area (Å²) in [5.74, 6) is -2.16. The van der Waals surface area contributed by atoms with E-state index in [9.17, 15) is 8.78 Å². The van der Waals surface area contributed by atoms with Gasteiger partial charge in [-0.3, -0.25) is 4.68 Å². The number of halogens is 2. The number of nitrogens with zero attached hydrogens (tertiary/aromatic N) is 5. The molecule has 0 saturated carbocycles. The molecule has 2 aromatic heterocycles. The fraction of sp³-hybridized carbons (Fsp3) is 0.455. The molecule has 1 fully saturated rings. The first-order valence-corrected chi connectivity index (χ1v) is 5.91. The van der Waals surface area contributed by atoms with E-state index in [0.717, 1.165) is 0 Å². The maximum absolute atomic E-state index is 13.0. The third-order valence-electron chi connectivity index (χ3n) is 2.94. The van der Waals surface area contributed by atoms with Gasteiger partial charge in [-0.2, -0.15) is 0 Å². The molecule has 3 heterocycles. The molecule has 3 rings (SSSR count). The van der Waals surface area contributed by atoms with Gasteiger partial charge in [0.05, 0.1) is 19.3 Å². The van der Waals surface area contributed by atoms with Crippen molar-refractivity contribution >= 4 is 0 Å². The molecule has 1 aliphatic rings. The first-order valence-electron chi connectivity index (χ1n) is 5.91. The molecule has 0 aromatic carbocycles. The van der Waals surface area contributed by atoms with Crippen LogP contribution in [0.25, 0.3) is 11.5 Å². The monoisotopic (exact) mass is 266 g/mol. The Morgan fingerprint density at radius 3 is 2.84 bits per heavy atom. The summed E-state index contributed by atoms with van der Waals surface area (Å²) in [4.78, 5) is 8.11. The SMILES string of the molecule is FC1(F)CN[C@H](Cn2cc(-c3ncccn3)nn2)C1. The lowest BCUT2D eigenvalue weighted by Gasteiger charge is -2.09. The zero-order valence-corrected chi connectivity index (χ0v) is 10.0. The molecule has 1 atom stereocenters. The molecule has 100 valence electrons. The van der Waals surface area contributed by atoms with Gasteiger partial charge in [-0.15, -0.1) is 5.10 Å². The highest BCUT2D eigenvalue weighted by Gasteiger charge is 2.39. The maximum Gasteiger partial charge on any atom is 0.261 e. The van der Waals surface area contributed by atoms with Crippen LogP contribution in [-0.4, -0.2) is 43.5 Å². The second kappa shape index (κ2) is 4.61. The molecule has 0 radical (unpaired) electrons. The Balaban J connectivity index is 1.69. The highest BCUT2D eigenvalue weighted by molar-refractivity contribution is 5.45. The molecule has 1 N–H and O–H groups in total. The summed E-state index contributed by atoms with van der Waals surface area (Å²) in [6.45, 7) is 0.0798. The Morgan fingerprint density at radius 1 is 1.37 bits per heavy atom. The minimum Gasteiger partial charge on any atom is -0.306 e. The summed E-state index contributed by atoms with van der Waals surface area (Å²) in [5.41, 5.74) is 0.533. The molecule has 2 aromatic rings. The van der Waals surface area contributed by atoms with Gasteiger partial charge in [-0.25, -0.2) is 18.7 Å². The van der Waals surface area contributed by atoms with Crippen molar-refractivity contribution in [2.45, 2.75) is 24.9 Å². The lowest BCUT2D eigenvalue weighted by atomic mass is 10.2. The van der Waals surface area contributed by atoms with E-state index in [1.54, 1.807) is 24.7 Å². The van der Waals surface area contributed by atoms with E-state index in [1.807, 2.05) is 0 Å². The van der Waals surface area contributed by atoms with Crippen molar-refractivity contribution in [1.29, 1.82) is 0 Å². The minimum atomic E-state index is -2.63. The van der Waals surface area contributed by atoms with Crippen molar-refractivity contribution in [2.24, 2.45) is 0 Å². The van der Waals surface area contributed by atoms with Gasteiger partial charge in [-0.1, -0.05) is 5.21 Å². The number of alkyl halides is 2. The van der Waals surface area contributed by atoms with Gasteiger partial charge in [0.1, 0.15) is 5.69 Å². The Hall–Kier alpha value is -1.96. The maximum atomic E-state index is 13.0. The largest absolute Gasteiger partial charge is 0.306 e. The average molecular weight is 266 g/mol. The number of rotatable bonds is 3. The van der Waals surface area contributed by atoms with Gasteiger partial charge in [0.25, 0.3) is 5.92 Å². The zero-order valence-electron chi connectivity index (χ0n) is 10.0. The van der Waals surface area contributed by atoms with E-state index >= 15 is 0 Å². The highest BCUT2D eigenvalue weighted by atomic mass is 19.3. The normalized spacial score (nSPS) is 21.7. The first-order chi connectivity index (χ1) is 9.12. The van der Waals surface area contributed by atoms with Crippen molar-refractivity contribution in [1.82, 2.24) is 30.3 Å². The molecule has 8 heteroatoms. The van der Waals surface area contributed by atoms with Gasteiger partial charge >= 0.3 is 0 Å². The highest BCUT2D eigenvalue weighted by Crippen LogP contribution is 2.25. The summed E-state index contributed by atoms with van der Waals surface area (Å²) in [6, 6.07) is 1.42. The van der Waals surface area contributed by atoms with Gasteiger partial charge < -0.3 is 5.32 Å². The van der Waals surface area contributed by atoms with Crippen LogP contribution in [0.15, 0.2) is 24.7 Å². The van der Waals surface area contributed by atoms with Crippen LogP contribution in [0, 0.1) is 0 Å². The molecule has 0 aliphatic carbocycles. The van der Waals surface area contributed by atoms with Crippen LogP contribution < -0.4 is 5.32 Å². The summed E-state index contributed by atoms with van der Waals surface area (Å²) < 4.78 is 27.6. The zero-order chi connectivity index (χ0) is 13.3. The molecule has 0 bridgehead atoms. The standard InChI is InChI=1S/C11H12F2N6/c12-11(13)4-8(16-7-11)5-19-6-9(17-18-19)10-14-2-1-3-15-10/h1-3,6,8,16H,4-5,7H2/t8-/m0/s1. The van der Waals surface area contributed by atoms with Crippen molar-refractivity contribution < 1.29 is 8.78 Å². The number of hydrogen-bond acceptors (Lipinski definition) is 5. The molecular weight excluding hydrogens is 254 g/mol. The van der Waals surface area contributed by atoms with Gasteiger partial charge in [0.15, 0.2) is 5.82 Å². The number of hydrogen-bond donors (Lipinski definition) is 1. The van der Waals surface area contributed by atoms with Crippen LogP contribution in [0.1, 0.15) is 6.42 Å². The Labute approximate surface area is 107 Å². The molecule has 19 heavy (non-hydrogen) atoms. The van der Waals surface area contributed by atoms with Crippen LogP contribution in [0.5, 0.6) is 0 Å². The van der Waals surface area contributed by atoms with Gasteiger partial charge in [0, 0.05) is 24.9 Å². The van der Waals surface area contributed by atoms with E-state index in [4.69, 9.17) is 0 Å². The van der Waals surface area contributed by atoms with Crippen molar-refractivity contribution in [3.8, 4) is 11.5 Å². The number of nitrogens with one attached hydrogen (secondary N) is 1. The second-order valence-corrected chi connectivity index (χ2v) is 4.54. The second-order valence-electron chi connectivity index (χ2n) is 4.54. The van der Waals surface area contributed by atoms with Gasteiger partial charge in [-0.05, 0) is 6.07 Å². The lowest BCUT2D eigenvalue weighted by molar-refractivity contribution is 0.0205.